The third-order valence-corrected chi connectivity index (χ3v) is 11.1. The first-order valence-corrected chi connectivity index (χ1v) is 19.1. The quantitative estimate of drug-likeness (QED) is 0.185. The maximum absolute atomic E-state index is 12.2. The van der Waals surface area contributed by atoms with Gasteiger partial charge >= 0.3 is 0 Å². The molecule has 268 valence electrons. The van der Waals surface area contributed by atoms with E-state index < -0.39 is 0 Å². The standard InChI is InChI=1S/C52H34N4O/c57-51-38(29-31-49-50(51)40-23-11-14-26-46(40)55(49)37-20-8-3-9-21-37)36-28-30-48-42(32-36)39-22-10-13-25-45(39)56(48)47-27-15-12-24-41(47)52-53-43(34-16-4-1-5-17-34)33-44(54-52)35-18-6-2-7-19-35/h1-33,57H. The predicted molar refractivity (Wildman–Crippen MR) is 234 cm³/mol. The van der Waals surface area contributed by atoms with Gasteiger partial charge in [0.2, 0.25) is 0 Å². The average molecular weight is 731 g/mol. The summed E-state index contributed by atoms with van der Waals surface area (Å²) in [4.78, 5) is 10.4. The summed E-state index contributed by atoms with van der Waals surface area (Å²) in [6.45, 7) is 0. The summed E-state index contributed by atoms with van der Waals surface area (Å²) in [5.74, 6) is 0.928. The van der Waals surface area contributed by atoms with Crippen LogP contribution in [0, 0.1) is 0 Å². The summed E-state index contributed by atoms with van der Waals surface area (Å²) >= 11 is 0. The number of phenols is 1. The van der Waals surface area contributed by atoms with E-state index in [1.54, 1.807) is 0 Å². The second-order valence-corrected chi connectivity index (χ2v) is 14.3. The van der Waals surface area contributed by atoms with E-state index in [2.05, 4.69) is 143 Å². The van der Waals surface area contributed by atoms with Gasteiger partial charge in [-0.15, -0.1) is 0 Å². The summed E-state index contributed by atoms with van der Waals surface area (Å²) in [5.41, 5.74) is 12.6. The third kappa shape index (κ3) is 5.32. The van der Waals surface area contributed by atoms with Crippen LogP contribution in [0.5, 0.6) is 5.75 Å². The summed E-state index contributed by atoms with van der Waals surface area (Å²) in [6, 6.07) is 68.9. The fourth-order valence-corrected chi connectivity index (χ4v) is 8.47. The Morgan fingerprint density at radius 2 is 0.912 bits per heavy atom. The second kappa shape index (κ2) is 13.2. The van der Waals surface area contributed by atoms with Gasteiger partial charge in [0.05, 0.1) is 44.5 Å². The monoisotopic (exact) mass is 730 g/mol. The molecule has 57 heavy (non-hydrogen) atoms. The number of aromatic nitrogens is 4. The summed E-state index contributed by atoms with van der Waals surface area (Å²) in [6.07, 6.45) is 0. The molecule has 3 heterocycles. The first-order valence-electron chi connectivity index (χ1n) is 19.1. The SMILES string of the molecule is Oc1c(-c2ccc3c(c2)c2ccccc2n3-c2ccccc2-c2nc(-c3ccccc3)cc(-c3ccccc3)n2)ccc2c1c1ccccc1n2-c1ccccc1. The Balaban J connectivity index is 1.10. The zero-order valence-corrected chi connectivity index (χ0v) is 30.8. The van der Waals surface area contributed by atoms with Crippen LogP contribution in [0.4, 0.5) is 0 Å². The highest BCUT2D eigenvalue weighted by molar-refractivity contribution is 6.15. The maximum atomic E-state index is 12.2. The lowest BCUT2D eigenvalue weighted by atomic mass is 9.99. The molecule has 0 aliphatic rings. The van der Waals surface area contributed by atoms with Gasteiger partial charge in [0.25, 0.3) is 0 Å². The molecule has 0 spiro atoms. The molecule has 0 unspecified atom stereocenters. The molecule has 0 bridgehead atoms. The largest absolute Gasteiger partial charge is 0.507 e. The molecular weight excluding hydrogens is 697 g/mol. The number of para-hydroxylation sites is 4. The normalized spacial score (nSPS) is 11.6. The Hall–Kier alpha value is -7.76. The third-order valence-electron chi connectivity index (χ3n) is 11.1. The molecule has 0 saturated heterocycles. The van der Waals surface area contributed by atoms with Gasteiger partial charge in [0.1, 0.15) is 5.75 Å². The molecular formula is C52H34N4O. The van der Waals surface area contributed by atoms with Gasteiger partial charge < -0.3 is 14.2 Å². The van der Waals surface area contributed by atoms with Crippen LogP contribution in [0.25, 0.3) is 100 Å². The summed E-state index contributed by atoms with van der Waals surface area (Å²) in [7, 11) is 0. The van der Waals surface area contributed by atoms with Crippen LogP contribution in [0.15, 0.2) is 200 Å². The van der Waals surface area contributed by atoms with Crippen LogP contribution in [0.1, 0.15) is 0 Å². The molecule has 0 aliphatic carbocycles. The van der Waals surface area contributed by atoms with E-state index in [4.69, 9.17) is 9.97 Å². The molecule has 1 N–H and O–H groups in total. The number of nitrogens with zero attached hydrogens (tertiary/aromatic N) is 4. The molecule has 11 rings (SSSR count). The van der Waals surface area contributed by atoms with Crippen LogP contribution in [0.2, 0.25) is 0 Å². The van der Waals surface area contributed by atoms with Crippen molar-refractivity contribution in [3.8, 4) is 62.2 Å². The molecule has 0 fully saturated rings. The van der Waals surface area contributed by atoms with Crippen molar-refractivity contribution < 1.29 is 5.11 Å². The van der Waals surface area contributed by atoms with E-state index in [-0.39, 0.29) is 5.75 Å². The van der Waals surface area contributed by atoms with Gasteiger partial charge in [-0.2, -0.15) is 0 Å². The number of fused-ring (bicyclic) bond motifs is 6. The van der Waals surface area contributed by atoms with Crippen LogP contribution in [-0.2, 0) is 0 Å². The molecule has 11 aromatic rings. The van der Waals surface area contributed by atoms with Crippen LogP contribution in [0.3, 0.4) is 0 Å². The van der Waals surface area contributed by atoms with Gasteiger partial charge in [-0.05, 0) is 72.3 Å². The Kier molecular flexibility index (Phi) is 7.57. The van der Waals surface area contributed by atoms with Crippen LogP contribution in [-0.4, -0.2) is 24.2 Å². The van der Waals surface area contributed by atoms with Crippen molar-refractivity contribution >= 4 is 43.6 Å². The van der Waals surface area contributed by atoms with Gasteiger partial charge in [-0.25, -0.2) is 9.97 Å². The van der Waals surface area contributed by atoms with Crippen LogP contribution < -0.4 is 0 Å². The summed E-state index contributed by atoms with van der Waals surface area (Å²) in [5, 5.41) is 16.2. The van der Waals surface area contributed by atoms with Crippen molar-refractivity contribution in [2.45, 2.75) is 0 Å². The van der Waals surface area contributed by atoms with E-state index in [1.807, 2.05) is 66.7 Å². The number of rotatable bonds is 6. The van der Waals surface area contributed by atoms with Crippen molar-refractivity contribution in [1.29, 1.82) is 0 Å². The number of benzene rings is 8. The fourth-order valence-electron chi connectivity index (χ4n) is 8.47. The van der Waals surface area contributed by atoms with E-state index >= 15 is 0 Å². The smallest absolute Gasteiger partial charge is 0.162 e. The highest BCUT2D eigenvalue weighted by Crippen LogP contribution is 2.44. The van der Waals surface area contributed by atoms with Crippen molar-refractivity contribution in [3.63, 3.8) is 0 Å². The minimum absolute atomic E-state index is 0.275. The fraction of sp³-hybridized carbons (Fsp3) is 0. The van der Waals surface area contributed by atoms with Gasteiger partial charge in [0, 0.05) is 44.1 Å². The Morgan fingerprint density at radius 1 is 0.368 bits per heavy atom. The lowest BCUT2D eigenvalue weighted by Gasteiger charge is -2.15. The summed E-state index contributed by atoms with van der Waals surface area (Å²) < 4.78 is 4.55. The Morgan fingerprint density at radius 3 is 1.61 bits per heavy atom. The van der Waals surface area contributed by atoms with Crippen molar-refractivity contribution in [2.24, 2.45) is 0 Å². The number of hydrogen-bond donors (Lipinski definition) is 1. The molecule has 5 nitrogen and oxygen atoms in total. The minimum Gasteiger partial charge on any atom is -0.507 e. The Labute approximate surface area is 329 Å². The van der Waals surface area contributed by atoms with Gasteiger partial charge in [-0.3, -0.25) is 0 Å². The number of aromatic hydroxyl groups is 1. The van der Waals surface area contributed by atoms with E-state index in [0.29, 0.717) is 5.82 Å². The first kappa shape index (κ1) is 32.7. The lowest BCUT2D eigenvalue weighted by molar-refractivity contribution is 0.484. The molecule has 0 atom stereocenters. The average Bonchev–Trinajstić information content (AvgIpc) is 3.80. The zero-order valence-electron chi connectivity index (χ0n) is 30.8. The van der Waals surface area contributed by atoms with E-state index in [1.165, 1.54) is 0 Å². The molecule has 8 aromatic carbocycles. The first-order chi connectivity index (χ1) is 28.2. The number of hydrogen-bond acceptors (Lipinski definition) is 3. The molecule has 5 heteroatoms. The Bertz CT molecular complexity index is 3240. The topological polar surface area (TPSA) is 55.9 Å². The zero-order chi connectivity index (χ0) is 37.9. The van der Waals surface area contributed by atoms with E-state index in [9.17, 15) is 5.11 Å². The van der Waals surface area contributed by atoms with Gasteiger partial charge in [0.15, 0.2) is 5.82 Å². The van der Waals surface area contributed by atoms with Crippen molar-refractivity contribution in [2.75, 3.05) is 0 Å². The van der Waals surface area contributed by atoms with Gasteiger partial charge in [-0.1, -0.05) is 133 Å². The molecule has 0 saturated carbocycles. The maximum Gasteiger partial charge on any atom is 0.162 e. The van der Waals surface area contributed by atoms with E-state index in [0.717, 1.165) is 94.2 Å². The molecule has 0 aliphatic heterocycles. The minimum atomic E-state index is 0.275. The predicted octanol–water partition coefficient (Wildman–Crippen LogP) is 13.0. The molecule has 0 radical (unpaired) electrons. The lowest BCUT2D eigenvalue weighted by Crippen LogP contribution is -2.01. The number of phenolic OH excluding ortho intramolecular Hbond substituents is 1. The van der Waals surface area contributed by atoms with Crippen molar-refractivity contribution in [3.05, 3.63) is 200 Å². The highest BCUT2D eigenvalue weighted by atomic mass is 16.3. The molecule has 3 aromatic heterocycles. The highest BCUT2D eigenvalue weighted by Gasteiger charge is 2.21. The second-order valence-electron chi connectivity index (χ2n) is 14.3. The van der Waals surface area contributed by atoms with Crippen LogP contribution >= 0.6 is 0 Å². The molecule has 0 amide bonds. The van der Waals surface area contributed by atoms with Crippen molar-refractivity contribution in [1.82, 2.24) is 19.1 Å².